The minimum atomic E-state index is -0.803. The Morgan fingerprint density at radius 1 is 1.47 bits per heavy atom. The summed E-state index contributed by atoms with van der Waals surface area (Å²) in [6, 6.07) is 5.46. The Morgan fingerprint density at radius 2 is 2.18 bits per heavy atom. The maximum Gasteiger partial charge on any atom is 0.154 e. The fourth-order valence-electron chi connectivity index (χ4n) is 1.57. The smallest absolute Gasteiger partial charge is 0.154 e. The Balaban J connectivity index is 2.43. The molecule has 0 aliphatic carbocycles. The van der Waals surface area contributed by atoms with Crippen LogP contribution in [0.2, 0.25) is 5.02 Å². The van der Waals surface area contributed by atoms with Gasteiger partial charge >= 0.3 is 0 Å². The summed E-state index contributed by atoms with van der Waals surface area (Å²) in [7, 11) is 1.73. The van der Waals surface area contributed by atoms with Gasteiger partial charge in [-0.2, -0.15) is 0 Å². The van der Waals surface area contributed by atoms with Crippen molar-refractivity contribution in [3.63, 3.8) is 0 Å². The normalized spacial score (nSPS) is 12.8. The maximum absolute atomic E-state index is 10.3. The van der Waals surface area contributed by atoms with E-state index in [1.54, 1.807) is 13.1 Å². The van der Waals surface area contributed by atoms with Gasteiger partial charge in [-0.25, -0.2) is 4.68 Å². The minimum Gasteiger partial charge on any atom is -0.382 e. The third-order valence-corrected chi connectivity index (χ3v) is 3.57. The van der Waals surface area contributed by atoms with E-state index in [1.807, 2.05) is 19.1 Å². The number of rotatable bonds is 2. The van der Waals surface area contributed by atoms with Crippen LogP contribution in [-0.4, -0.2) is 20.1 Å². The van der Waals surface area contributed by atoms with Gasteiger partial charge in [0.15, 0.2) is 4.60 Å². The molecule has 0 radical (unpaired) electrons. The average Bonchev–Trinajstić information content (AvgIpc) is 2.62. The molecule has 2 aromatic rings. The van der Waals surface area contributed by atoms with Crippen molar-refractivity contribution in [2.75, 3.05) is 0 Å². The van der Waals surface area contributed by atoms with E-state index >= 15 is 0 Å². The largest absolute Gasteiger partial charge is 0.382 e. The highest BCUT2D eigenvalue weighted by Gasteiger charge is 2.19. The van der Waals surface area contributed by atoms with Gasteiger partial charge < -0.3 is 5.11 Å². The summed E-state index contributed by atoms with van der Waals surface area (Å²) in [5.74, 6) is 0. The number of halogens is 2. The highest BCUT2D eigenvalue weighted by Crippen LogP contribution is 2.28. The predicted octanol–water partition coefficient (Wildman–Crippen LogP) is 2.62. The lowest BCUT2D eigenvalue weighted by Gasteiger charge is -2.12. The first-order valence-electron chi connectivity index (χ1n) is 5.00. The molecule has 1 aromatic carbocycles. The van der Waals surface area contributed by atoms with E-state index < -0.39 is 6.10 Å². The van der Waals surface area contributed by atoms with Crippen LogP contribution in [0.4, 0.5) is 0 Å². The van der Waals surface area contributed by atoms with Crippen LogP contribution < -0.4 is 0 Å². The second-order valence-electron chi connectivity index (χ2n) is 3.80. The van der Waals surface area contributed by atoms with Crippen LogP contribution in [0.15, 0.2) is 22.8 Å². The van der Waals surface area contributed by atoms with Crippen molar-refractivity contribution >= 4 is 27.5 Å². The first-order valence-corrected chi connectivity index (χ1v) is 6.17. The molecule has 17 heavy (non-hydrogen) atoms. The molecule has 2 rings (SSSR count). The van der Waals surface area contributed by atoms with Crippen molar-refractivity contribution in [1.82, 2.24) is 15.0 Å². The number of hydrogen-bond acceptors (Lipinski definition) is 3. The van der Waals surface area contributed by atoms with Gasteiger partial charge in [-0.1, -0.05) is 28.9 Å². The Labute approximate surface area is 112 Å². The van der Waals surface area contributed by atoms with E-state index in [1.165, 1.54) is 4.68 Å². The molecule has 6 heteroatoms. The standard InChI is InChI=1S/C11H11BrClN3O/c1-6-3-4-7(5-8(6)13)10(17)9-11(12)14-15-16(9)2/h3-5,10,17H,1-2H3. The van der Waals surface area contributed by atoms with Crippen molar-refractivity contribution < 1.29 is 5.11 Å². The zero-order valence-corrected chi connectivity index (χ0v) is 11.7. The van der Waals surface area contributed by atoms with Crippen molar-refractivity contribution in [1.29, 1.82) is 0 Å². The van der Waals surface area contributed by atoms with E-state index in [9.17, 15) is 5.11 Å². The van der Waals surface area contributed by atoms with Gasteiger partial charge in [0.2, 0.25) is 0 Å². The molecule has 90 valence electrons. The number of aliphatic hydroxyl groups excluding tert-OH is 1. The summed E-state index contributed by atoms with van der Waals surface area (Å²) in [6.45, 7) is 1.92. The fraction of sp³-hybridized carbons (Fsp3) is 0.273. The van der Waals surface area contributed by atoms with Gasteiger partial charge in [0.05, 0.1) is 0 Å². The van der Waals surface area contributed by atoms with E-state index in [0.717, 1.165) is 5.56 Å². The van der Waals surface area contributed by atoms with E-state index in [0.29, 0.717) is 20.9 Å². The third kappa shape index (κ3) is 2.36. The van der Waals surface area contributed by atoms with Gasteiger partial charge in [-0.05, 0) is 40.0 Å². The Kier molecular flexibility index (Phi) is 3.51. The topological polar surface area (TPSA) is 50.9 Å². The van der Waals surface area contributed by atoms with Crippen molar-refractivity contribution in [3.05, 3.63) is 44.6 Å². The SMILES string of the molecule is Cc1ccc(C(O)c2c(Br)nnn2C)cc1Cl. The van der Waals surface area contributed by atoms with Gasteiger partial charge in [0.1, 0.15) is 11.8 Å². The van der Waals surface area contributed by atoms with Crippen LogP contribution in [0.25, 0.3) is 0 Å². The molecule has 0 aliphatic heterocycles. The lowest BCUT2D eigenvalue weighted by molar-refractivity contribution is 0.209. The molecule has 4 nitrogen and oxygen atoms in total. The highest BCUT2D eigenvalue weighted by atomic mass is 79.9. The number of nitrogens with zero attached hydrogens (tertiary/aromatic N) is 3. The quantitative estimate of drug-likeness (QED) is 0.926. The second-order valence-corrected chi connectivity index (χ2v) is 4.96. The Morgan fingerprint density at radius 3 is 2.71 bits per heavy atom. The summed E-state index contributed by atoms with van der Waals surface area (Å²) in [6.07, 6.45) is -0.803. The van der Waals surface area contributed by atoms with Crippen LogP contribution in [0.1, 0.15) is 22.9 Å². The van der Waals surface area contributed by atoms with E-state index in [4.69, 9.17) is 11.6 Å². The average molecular weight is 317 g/mol. The number of aryl methyl sites for hydroxylation is 2. The lowest BCUT2D eigenvalue weighted by atomic mass is 10.1. The molecule has 1 N–H and O–H groups in total. The molecule has 0 saturated heterocycles. The van der Waals surface area contributed by atoms with Crippen LogP contribution >= 0.6 is 27.5 Å². The number of benzene rings is 1. The van der Waals surface area contributed by atoms with Crippen LogP contribution in [0.5, 0.6) is 0 Å². The molecule has 1 heterocycles. The summed E-state index contributed by atoms with van der Waals surface area (Å²) >= 11 is 9.30. The summed E-state index contributed by atoms with van der Waals surface area (Å²) in [5.41, 5.74) is 2.29. The molecule has 1 aromatic heterocycles. The van der Waals surface area contributed by atoms with Gasteiger partial charge in [-0.3, -0.25) is 0 Å². The molecule has 1 atom stereocenters. The molecule has 0 aliphatic rings. The maximum atomic E-state index is 10.3. The zero-order valence-electron chi connectivity index (χ0n) is 9.35. The molecule has 0 fully saturated rings. The summed E-state index contributed by atoms with van der Waals surface area (Å²) in [5, 5.41) is 18.6. The summed E-state index contributed by atoms with van der Waals surface area (Å²) < 4.78 is 2.06. The fourth-order valence-corrected chi connectivity index (χ4v) is 2.30. The zero-order chi connectivity index (χ0) is 12.6. The molecular weight excluding hydrogens is 305 g/mol. The van der Waals surface area contributed by atoms with Crippen LogP contribution in [0, 0.1) is 6.92 Å². The molecule has 0 bridgehead atoms. The summed E-state index contributed by atoms with van der Waals surface area (Å²) in [4.78, 5) is 0. The number of hydrogen-bond donors (Lipinski definition) is 1. The highest BCUT2D eigenvalue weighted by molar-refractivity contribution is 9.10. The monoisotopic (exact) mass is 315 g/mol. The van der Waals surface area contributed by atoms with Gasteiger partial charge in [0, 0.05) is 12.1 Å². The van der Waals surface area contributed by atoms with Crippen molar-refractivity contribution in [2.24, 2.45) is 7.05 Å². The van der Waals surface area contributed by atoms with Gasteiger partial charge in [0.25, 0.3) is 0 Å². The van der Waals surface area contributed by atoms with Crippen LogP contribution in [-0.2, 0) is 7.05 Å². The first-order chi connectivity index (χ1) is 8.00. The van der Waals surface area contributed by atoms with Gasteiger partial charge in [-0.15, -0.1) is 5.10 Å². The number of aromatic nitrogens is 3. The Hall–Kier alpha value is -0.910. The molecule has 0 saturated carbocycles. The molecule has 0 spiro atoms. The number of aliphatic hydroxyl groups is 1. The molecular formula is C11H11BrClN3O. The predicted molar refractivity (Wildman–Crippen MR) is 69.0 cm³/mol. The van der Waals surface area contributed by atoms with Crippen molar-refractivity contribution in [2.45, 2.75) is 13.0 Å². The molecule has 0 amide bonds. The molecule has 1 unspecified atom stereocenters. The van der Waals surface area contributed by atoms with Crippen molar-refractivity contribution in [3.8, 4) is 0 Å². The first kappa shape index (κ1) is 12.5. The van der Waals surface area contributed by atoms with E-state index in [-0.39, 0.29) is 0 Å². The lowest BCUT2D eigenvalue weighted by Crippen LogP contribution is -2.07. The van der Waals surface area contributed by atoms with E-state index in [2.05, 4.69) is 26.2 Å². The minimum absolute atomic E-state index is 0.532. The Bertz CT molecular complexity index is 536. The third-order valence-electron chi connectivity index (χ3n) is 2.60. The second kappa shape index (κ2) is 4.76. The van der Waals surface area contributed by atoms with Crippen LogP contribution in [0.3, 0.4) is 0 Å².